The van der Waals surface area contributed by atoms with Crippen LogP contribution in [0.2, 0.25) is 0 Å². The lowest BCUT2D eigenvalue weighted by atomic mass is 10.1. The Morgan fingerprint density at radius 2 is 0.703 bits per heavy atom. The largest absolute Gasteiger partial charge is 0.573 e. The van der Waals surface area contributed by atoms with E-state index < -0.39 is 25.1 Å². The number of allylic oxidation sites excluding steroid dienone is 4. The van der Waals surface area contributed by atoms with Crippen molar-refractivity contribution in [2.24, 2.45) is 7.05 Å². The monoisotopic (exact) mass is 1750 g/mol. The van der Waals surface area contributed by atoms with Crippen molar-refractivity contribution in [2.75, 3.05) is 37.3 Å². The number of carbonyl (C=O) groups excluding carboxylic acids is 3. The van der Waals surface area contributed by atoms with Gasteiger partial charge in [-0.2, -0.15) is 0 Å². The second kappa shape index (κ2) is 37.5. The number of H-pyrrole nitrogens is 3. The minimum Gasteiger partial charge on any atom is -0.497 e. The molecular weight excluding hydrogens is 1670 g/mol. The van der Waals surface area contributed by atoms with E-state index in [1.54, 1.807) is 138 Å². The number of amides is 3. The van der Waals surface area contributed by atoms with Gasteiger partial charge in [0.1, 0.15) is 97.9 Å². The van der Waals surface area contributed by atoms with Crippen LogP contribution in [0, 0.1) is 5.82 Å². The van der Waals surface area contributed by atoms with Crippen LogP contribution >= 0.6 is 0 Å². The number of fused-ring (bicyclic) bond motifs is 4. The number of methoxy groups -OCH3 is 1. The van der Waals surface area contributed by atoms with Gasteiger partial charge in [0.05, 0.1) is 7.11 Å². The highest BCUT2D eigenvalue weighted by Crippen LogP contribution is 2.44. The Morgan fingerprint density at radius 1 is 0.375 bits per heavy atom. The molecule has 22 nitrogen and oxygen atoms in total. The van der Waals surface area contributed by atoms with Crippen LogP contribution in [-0.4, -0.2) is 74.5 Å². The standard InChI is InChI=1S/C28H20F3N3O3.C27H20FN3O2.C24H20F3N3O3.C17H13F3N2O3/c1-18-7-8-19-17-25(33-26(19)34(18)21-11-15-24(16-12-21)37-28(29,30)31)27(35)32-20-9-13-23(14-10-20)36-22-5-3-2-4-6-22;1-18-7-8-19-17-25(30-26(19)31(18)22-13-9-20(28)10-14-22)27(32)29-21-11-15-24(16-12-21)33-23-5-3-2-4-6-23;1-15-6-7-17-13-21(23(31)28-14-16-4-3-5-20(12-16)32-2)29-22(17)30(15)18-8-10-19(11-9-18)33-24(25,26)27;1-10-3-4-11-9-14(16(23)24)21(2)15(11)22(10)12-5-7-13(8-6-12)25-17(18,19)20/h2-17,33H,1H2,(H,32,35);2-17,30H,1H2,(H,29,32);3-13,29H,1,14H2,2H3,(H,28,31);3-9H,1H2,2H3,(H,23,24). The quantitative estimate of drug-likeness (QED) is 0.0351. The number of anilines is 10. The number of nitrogens with zero attached hydrogens (tertiary/aromatic N) is 5. The number of aromatic amines is 3. The van der Waals surface area contributed by atoms with Crippen molar-refractivity contribution in [1.82, 2.24) is 24.8 Å². The Labute approximate surface area is 724 Å². The second-order valence-corrected chi connectivity index (χ2v) is 28.2. The van der Waals surface area contributed by atoms with Gasteiger partial charge in [-0.1, -0.05) is 74.8 Å². The predicted molar refractivity (Wildman–Crippen MR) is 468 cm³/mol. The maximum atomic E-state index is 13.4. The van der Waals surface area contributed by atoms with Gasteiger partial charge in [-0.3, -0.25) is 34.0 Å². The molecule has 8 heterocycles. The van der Waals surface area contributed by atoms with Crippen molar-refractivity contribution < 1.29 is 96.6 Å². The molecule has 0 saturated heterocycles. The summed E-state index contributed by atoms with van der Waals surface area (Å²) < 4.78 is 155. The van der Waals surface area contributed by atoms with Crippen molar-refractivity contribution >= 4 is 105 Å². The van der Waals surface area contributed by atoms with Crippen molar-refractivity contribution in [3.05, 3.63) is 385 Å². The van der Waals surface area contributed by atoms with Gasteiger partial charge < -0.3 is 69.0 Å². The molecule has 0 unspecified atom stereocenters. The number of benzene rings is 9. The Kier molecular flexibility index (Phi) is 25.6. The summed E-state index contributed by atoms with van der Waals surface area (Å²) in [6.07, 6.45) is 0.00625. The number of aromatic nitrogens is 4. The van der Waals surface area contributed by atoms with Crippen molar-refractivity contribution in [2.45, 2.75) is 25.6 Å². The Bertz CT molecular complexity index is 6440. The Morgan fingerprint density at radius 3 is 1.07 bits per heavy atom. The maximum absolute atomic E-state index is 13.4. The summed E-state index contributed by atoms with van der Waals surface area (Å²) in [5.41, 5.74) is 11.0. The zero-order valence-corrected chi connectivity index (χ0v) is 67.4. The second-order valence-electron chi connectivity index (χ2n) is 28.2. The first-order valence-electron chi connectivity index (χ1n) is 38.6. The Balaban J connectivity index is 0.000000139. The summed E-state index contributed by atoms with van der Waals surface area (Å²) in [6.45, 7) is 16.3. The third-order valence-corrected chi connectivity index (χ3v) is 19.4. The molecule has 0 atom stereocenters. The van der Waals surface area contributed by atoms with Gasteiger partial charge in [0, 0.05) is 92.8 Å². The van der Waals surface area contributed by atoms with Crippen LogP contribution in [0.1, 0.15) is 69.8 Å². The molecule has 17 rings (SSSR count). The molecule has 4 aliphatic rings. The summed E-state index contributed by atoms with van der Waals surface area (Å²) in [7, 11) is 3.17. The van der Waals surface area contributed by atoms with E-state index in [0.29, 0.717) is 127 Å². The van der Waals surface area contributed by atoms with Gasteiger partial charge in [0.25, 0.3) is 17.7 Å². The fourth-order valence-electron chi connectivity index (χ4n) is 13.6. The van der Waals surface area contributed by atoms with Crippen molar-refractivity contribution in [3.63, 3.8) is 0 Å². The fraction of sp³-hybridized carbons (Fsp3) is 0.0625. The number of nitrogens with one attached hydrogen (secondary N) is 6. The van der Waals surface area contributed by atoms with Gasteiger partial charge >= 0.3 is 25.1 Å². The van der Waals surface area contributed by atoms with E-state index in [1.165, 1.54) is 95.6 Å². The van der Waals surface area contributed by atoms with Crippen LogP contribution < -0.4 is 64.0 Å². The van der Waals surface area contributed by atoms with E-state index in [-0.39, 0.29) is 46.5 Å². The summed E-state index contributed by atoms with van der Waals surface area (Å²) in [5.74, 6) is 2.52. The normalized spacial score (nSPS) is 12.9. The molecule has 0 fully saturated rings. The number of halogens is 10. The van der Waals surface area contributed by atoms with Gasteiger partial charge in [-0.05, 0) is 260 Å². The topological polar surface area (TPSA) is 245 Å². The molecule has 0 aliphatic carbocycles. The number of carbonyl (C=O) groups is 4. The number of hydrogen-bond donors (Lipinski definition) is 7. The van der Waals surface area contributed by atoms with Crippen LogP contribution in [0.5, 0.6) is 46.0 Å². The first kappa shape index (κ1) is 87.5. The molecule has 4 aromatic heterocycles. The molecule has 4 aliphatic heterocycles. The molecule has 0 radical (unpaired) electrons. The average Bonchev–Trinajstić information content (AvgIpc) is 1.62. The molecule has 0 saturated carbocycles. The van der Waals surface area contributed by atoms with E-state index in [4.69, 9.17) is 14.2 Å². The lowest BCUT2D eigenvalue weighted by Crippen LogP contribution is -2.23. The van der Waals surface area contributed by atoms with E-state index in [2.05, 4.69) is 71.4 Å². The van der Waals surface area contributed by atoms with Crippen LogP contribution in [0.3, 0.4) is 0 Å². The van der Waals surface area contributed by atoms with Crippen LogP contribution in [-0.2, 0) is 13.6 Å². The number of rotatable bonds is 20. The summed E-state index contributed by atoms with van der Waals surface area (Å²) >= 11 is 0. The highest BCUT2D eigenvalue weighted by atomic mass is 19.4. The molecule has 648 valence electrons. The minimum atomic E-state index is -4.77. The van der Waals surface area contributed by atoms with Crippen LogP contribution in [0.15, 0.2) is 328 Å². The molecule has 32 heteroatoms. The number of hydrogen-bond acceptors (Lipinski definition) is 14. The third kappa shape index (κ3) is 21.6. The highest BCUT2D eigenvalue weighted by molar-refractivity contribution is 6.06. The molecule has 13 aromatic rings. The highest BCUT2D eigenvalue weighted by Gasteiger charge is 2.35. The SMILES string of the molecule is C=C1C=Cc2cc(C(=O)NCc3cccc(OC)c3)[nH]c2N1c1ccc(OC(F)(F)F)cc1.C=C1C=Cc2cc(C(=O)Nc3ccc(Oc4ccccc4)cc3)[nH]c2N1c1ccc(F)cc1.C=C1C=Cc2cc(C(=O)Nc3ccc(Oc4ccccc4)cc3)[nH]c2N1c1ccc(OC(F)(F)F)cc1.C=C1C=Cc2cc(C(=O)O)n(C)c2N1c1ccc(OC(F)(F)F)cc1. The summed E-state index contributed by atoms with van der Waals surface area (Å²) in [5, 5.41) is 17.9. The van der Waals surface area contributed by atoms with E-state index in [9.17, 15) is 68.2 Å². The number of carboxylic acids is 1. The van der Waals surface area contributed by atoms with Crippen LogP contribution in [0.25, 0.3) is 24.3 Å². The number of ether oxygens (including phenoxy) is 6. The Hall–Kier alpha value is -16.8. The third-order valence-electron chi connectivity index (χ3n) is 19.4. The molecule has 128 heavy (non-hydrogen) atoms. The van der Waals surface area contributed by atoms with Crippen LogP contribution in [0.4, 0.5) is 101 Å². The number of alkyl halides is 9. The minimum absolute atomic E-state index is 0.0892. The predicted octanol–water partition coefficient (Wildman–Crippen LogP) is 24.3. The molecule has 7 N–H and O–H groups in total. The average molecular weight is 1750 g/mol. The molecule has 0 spiro atoms. The maximum Gasteiger partial charge on any atom is 0.573 e. The van der Waals surface area contributed by atoms with Crippen molar-refractivity contribution in [1.29, 1.82) is 0 Å². The van der Waals surface area contributed by atoms with Gasteiger partial charge in [-0.15, -0.1) is 39.5 Å². The van der Waals surface area contributed by atoms with Crippen molar-refractivity contribution in [3.8, 4) is 46.0 Å². The lowest BCUT2D eigenvalue weighted by Gasteiger charge is -2.29. The molecular formula is C96H73F10N11O11. The smallest absolute Gasteiger partial charge is 0.497 e. The molecule has 0 bridgehead atoms. The van der Waals surface area contributed by atoms with Gasteiger partial charge in [0.2, 0.25) is 0 Å². The number of para-hydroxylation sites is 2. The molecule has 9 aromatic carbocycles. The van der Waals surface area contributed by atoms with Gasteiger partial charge in [-0.25, -0.2) is 9.18 Å². The summed E-state index contributed by atoms with van der Waals surface area (Å²) in [4.78, 5) is 66.2. The number of aromatic carboxylic acids is 1. The summed E-state index contributed by atoms with van der Waals surface area (Å²) in [6, 6.07) is 69.2. The zero-order valence-electron chi connectivity index (χ0n) is 67.4. The fourth-order valence-corrected chi connectivity index (χ4v) is 13.6. The van der Waals surface area contributed by atoms with E-state index >= 15 is 0 Å². The van der Waals surface area contributed by atoms with Gasteiger partial charge in [0.15, 0.2) is 0 Å². The first-order valence-corrected chi connectivity index (χ1v) is 38.6. The lowest BCUT2D eigenvalue weighted by molar-refractivity contribution is -0.275. The zero-order chi connectivity index (χ0) is 90.7. The van der Waals surface area contributed by atoms with E-state index in [1.807, 2.05) is 108 Å². The number of carboxylic acid groups (broad SMARTS) is 1. The molecule has 3 amide bonds. The first-order chi connectivity index (χ1) is 61.2. The van der Waals surface area contributed by atoms with E-state index in [0.717, 1.165) is 33.7 Å².